The van der Waals surface area contributed by atoms with Crippen molar-refractivity contribution in [2.24, 2.45) is 0 Å². The van der Waals surface area contributed by atoms with Gasteiger partial charge in [-0.2, -0.15) is 0 Å². The third-order valence-corrected chi connectivity index (χ3v) is 6.23. The molecule has 2 aromatic rings. The summed E-state index contributed by atoms with van der Waals surface area (Å²) in [5, 5.41) is 3.35. The lowest BCUT2D eigenvalue weighted by Gasteiger charge is -2.36. The van der Waals surface area contributed by atoms with Crippen LogP contribution < -0.4 is 5.32 Å². The van der Waals surface area contributed by atoms with E-state index in [4.69, 9.17) is 4.98 Å². The zero-order valence-electron chi connectivity index (χ0n) is 15.8. The summed E-state index contributed by atoms with van der Waals surface area (Å²) in [6.45, 7) is 6.77. The van der Waals surface area contributed by atoms with Crippen molar-refractivity contribution in [3.05, 3.63) is 29.6 Å². The minimum atomic E-state index is 0.593. The van der Waals surface area contributed by atoms with Crippen molar-refractivity contribution in [1.82, 2.24) is 19.8 Å². The van der Waals surface area contributed by atoms with E-state index in [-0.39, 0.29) is 0 Å². The van der Waals surface area contributed by atoms with E-state index in [0.29, 0.717) is 5.92 Å². The Morgan fingerprint density at radius 3 is 2.84 bits per heavy atom. The number of rotatable bonds is 6. The third-order valence-electron chi connectivity index (χ3n) is 6.23. The average Bonchev–Trinajstić information content (AvgIpc) is 2.80. The number of hydrogen-bond acceptors (Lipinski definition) is 3. The van der Waals surface area contributed by atoms with E-state index in [1.54, 1.807) is 0 Å². The highest BCUT2D eigenvalue weighted by atomic mass is 15.2. The molecule has 0 radical (unpaired) electrons. The predicted molar refractivity (Wildman–Crippen MR) is 104 cm³/mol. The second-order valence-electron chi connectivity index (χ2n) is 7.84. The van der Waals surface area contributed by atoms with Gasteiger partial charge >= 0.3 is 0 Å². The number of hydrogen-bond donors (Lipinski definition) is 1. The summed E-state index contributed by atoms with van der Waals surface area (Å²) in [5.74, 6) is 1.88. The number of likely N-dealkylation sites (N-methyl/N-ethyl adjacent to an activating group) is 1. The van der Waals surface area contributed by atoms with Crippen LogP contribution in [0.2, 0.25) is 0 Å². The van der Waals surface area contributed by atoms with Gasteiger partial charge in [0.2, 0.25) is 0 Å². The lowest BCUT2D eigenvalue weighted by Crippen LogP contribution is -2.41. The third kappa shape index (κ3) is 3.34. The molecule has 1 fully saturated rings. The summed E-state index contributed by atoms with van der Waals surface area (Å²) in [6, 6.07) is 7.85. The molecule has 1 aliphatic carbocycles. The lowest BCUT2D eigenvalue weighted by molar-refractivity contribution is 0.130. The minimum absolute atomic E-state index is 0.593. The van der Waals surface area contributed by atoms with Crippen molar-refractivity contribution in [2.75, 3.05) is 26.7 Å². The first-order valence-electron chi connectivity index (χ1n) is 10.2. The monoisotopic (exact) mass is 340 g/mol. The van der Waals surface area contributed by atoms with Crippen LogP contribution in [0.25, 0.3) is 11.0 Å². The zero-order chi connectivity index (χ0) is 17.2. The molecule has 0 saturated heterocycles. The average molecular weight is 341 g/mol. The molecule has 1 saturated carbocycles. The second-order valence-corrected chi connectivity index (χ2v) is 7.84. The molecule has 2 aliphatic rings. The molecule has 2 heterocycles. The summed E-state index contributed by atoms with van der Waals surface area (Å²) in [5.41, 5.74) is 3.96. The van der Waals surface area contributed by atoms with Crippen LogP contribution in [0.15, 0.2) is 18.2 Å². The lowest BCUT2D eigenvalue weighted by atomic mass is 9.91. The van der Waals surface area contributed by atoms with Crippen molar-refractivity contribution < 1.29 is 0 Å². The molecule has 0 spiro atoms. The van der Waals surface area contributed by atoms with Gasteiger partial charge < -0.3 is 9.88 Å². The van der Waals surface area contributed by atoms with Gasteiger partial charge in [0.25, 0.3) is 0 Å². The highest BCUT2D eigenvalue weighted by Crippen LogP contribution is 2.29. The van der Waals surface area contributed by atoms with Crippen LogP contribution in [0.4, 0.5) is 0 Å². The topological polar surface area (TPSA) is 33.1 Å². The molecule has 1 aromatic heterocycles. The first-order valence-corrected chi connectivity index (χ1v) is 10.2. The van der Waals surface area contributed by atoms with E-state index in [1.165, 1.54) is 67.6 Å². The van der Waals surface area contributed by atoms with Gasteiger partial charge in [-0.15, -0.1) is 0 Å². The Morgan fingerprint density at radius 1 is 1.24 bits per heavy atom. The van der Waals surface area contributed by atoms with Crippen LogP contribution in [-0.2, 0) is 13.0 Å². The fourth-order valence-corrected chi connectivity index (χ4v) is 4.57. The van der Waals surface area contributed by atoms with Crippen molar-refractivity contribution in [3.63, 3.8) is 0 Å². The first kappa shape index (κ1) is 17.0. The Labute approximate surface area is 151 Å². The van der Waals surface area contributed by atoms with Crippen molar-refractivity contribution >= 4 is 11.0 Å². The Balaban J connectivity index is 1.58. The van der Waals surface area contributed by atoms with Gasteiger partial charge in [-0.1, -0.05) is 25.8 Å². The maximum atomic E-state index is 5.03. The van der Waals surface area contributed by atoms with Crippen LogP contribution >= 0.6 is 0 Å². The van der Waals surface area contributed by atoms with Crippen LogP contribution in [0.1, 0.15) is 56.3 Å². The molecule has 1 aliphatic heterocycles. The summed E-state index contributed by atoms with van der Waals surface area (Å²) < 4.78 is 2.48. The number of imidazole rings is 1. The van der Waals surface area contributed by atoms with Crippen molar-refractivity contribution in [3.8, 4) is 0 Å². The van der Waals surface area contributed by atoms with E-state index >= 15 is 0 Å². The van der Waals surface area contributed by atoms with Gasteiger partial charge in [-0.3, -0.25) is 4.90 Å². The largest absolute Gasteiger partial charge is 0.327 e. The highest BCUT2D eigenvalue weighted by Gasteiger charge is 2.27. The molecule has 4 nitrogen and oxygen atoms in total. The van der Waals surface area contributed by atoms with Gasteiger partial charge in [0.05, 0.1) is 11.0 Å². The van der Waals surface area contributed by atoms with E-state index in [0.717, 1.165) is 25.6 Å². The van der Waals surface area contributed by atoms with Crippen LogP contribution in [-0.4, -0.2) is 47.2 Å². The molecule has 4 rings (SSSR count). The number of aromatic nitrogens is 2. The van der Waals surface area contributed by atoms with Gasteiger partial charge in [-0.25, -0.2) is 4.98 Å². The predicted octanol–water partition coefficient (Wildman–Crippen LogP) is 3.55. The molecule has 1 N–H and O–H groups in total. The Morgan fingerprint density at radius 2 is 2.12 bits per heavy atom. The molecular formula is C21H32N4. The second kappa shape index (κ2) is 7.46. The molecule has 4 heteroatoms. The Kier molecular flexibility index (Phi) is 5.09. The van der Waals surface area contributed by atoms with Gasteiger partial charge in [0.1, 0.15) is 5.82 Å². The fourth-order valence-electron chi connectivity index (χ4n) is 4.57. The van der Waals surface area contributed by atoms with Gasteiger partial charge in [0, 0.05) is 38.6 Å². The van der Waals surface area contributed by atoms with E-state index in [2.05, 4.69) is 39.9 Å². The Bertz CT molecular complexity index is 710. The van der Waals surface area contributed by atoms with Gasteiger partial charge in [-0.05, 0) is 49.9 Å². The number of benzene rings is 1. The van der Waals surface area contributed by atoms with Crippen molar-refractivity contribution in [1.29, 1.82) is 0 Å². The van der Waals surface area contributed by atoms with E-state index in [9.17, 15) is 0 Å². The quantitative estimate of drug-likeness (QED) is 0.873. The van der Waals surface area contributed by atoms with Gasteiger partial charge in [0.15, 0.2) is 0 Å². The normalized spacial score (nSPS) is 20.2. The van der Waals surface area contributed by atoms with Crippen LogP contribution in [0.3, 0.4) is 0 Å². The van der Waals surface area contributed by atoms with E-state index in [1.807, 2.05) is 7.05 Å². The van der Waals surface area contributed by atoms with E-state index < -0.39 is 0 Å². The maximum absolute atomic E-state index is 5.03. The highest BCUT2D eigenvalue weighted by molar-refractivity contribution is 5.77. The summed E-state index contributed by atoms with van der Waals surface area (Å²) in [4.78, 5) is 7.73. The number of nitrogens with one attached hydrogen (secondary N) is 1. The molecule has 1 atom stereocenters. The summed E-state index contributed by atoms with van der Waals surface area (Å²) >= 11 is 0. The molecular weight excluding hydrogens is 308 g/mol. The summed E-state index contributed by atoms with van der Waals surface area (Å²) in [7, 11) is 2.05. The molecule has 136 valence electrons. The maximum Gasteiger partial charge on any atom is 0.111 e. The minimum Gasteiger partial charge on any atom is -0.327 e. The Hall–Kier alpha value is -1.39. The standard InChI is InChI=1S/C21H32N4/c1-3-5-17(15-22-2)16-8-9-20-19(14-16)23-21-10-11-24(12-13-25(20)21)18-6-4-7-18/h8-9,14,17-18,22H,3-7,10-13,15H2,1-2H3. The van der Waals surface area contributed by atoms with Crippen LogP contribution in [0.5, 0.6) is 0 Å². The smallest absolute Gasteiger partial charge is 0.111 e. The molecule has 1 aromatic carbocycles. The number of nitrogens with zero attached hydrogens (tertiary/aromatic N) is 3. The first-order chi connectivity index (χ1) is 12.3. The fraction of sp³-hybridized carbons (Fsp3) is 0.667. The zero-order valence-corrected chi connectivity index (χ0v) is 15.8. The van der Waals surface area contributed by atoms with Crippen molar-refractivity contribution in [2.45, 2.75) is 64.0 Å². The molecule has 0 bridgehead atoms. The van der Waals surface area contributed by atoms with Crippen LogP contribution in [0, 0.1) is 0 Å². The molecule has 25 heavy (non-hydrogen) atoms. The molecule has 1 unspecified atom stereocenters. The molecule has 0 amide bonds. The summed E-state index contributed by atoms with van der Waals surface area (Å²) in [6.07, 6.45) is 7.77. The number of fused-ring (bicyclic) bond motifs is 3. The SMILES string of the molecule is CCCC(CNC)c1ccc2c(c1)nc1n2CCN(C2CCC2)CC1.